The monoisotopic (exact) mass is 325 g/mol. The van der Waals surface area contributed by atoms with Crippen LogP contribution in [0.1, 0.15) is 16.7 Å². The van der Waals surface area contributed by atoms with Crippen molar-refractivity contribution in [1.82, 2.24) is 0 Å². The van der Waals surface area contributed by atoms with Crippen molar-refractivity contribution in [1.29, 1.82) is 0 Å². The number of anilines is 1. The number of carbonyl (C=O) groups excluding carboxylic acids is 1. The van der Waals surface area contributed by atoms with E-state index in [1.165, 1.54) is 17.3 Å². The summed E-state index contributed by atoms with van der Waals surface area (Å²) in [4.78, 5) is 14.9. The van der Waals surface area contributed by atoms with Gasteiger partial charge in [0.15, 0.2) is 4.32 Å². The van der Waals surface area contributed by atoms with Gasteiger partial charge in [0, 0.05) is 0 Å². The van der Waals surface area contributed by atoms with Gasteiger partial charge in [0.05, 0.1) is 10.6 Å². The molecule has 1 aliphatic heterocycles. The van der Waals surface area contributed by atoms with Gasteiger partial charge in [-0.1, -0.05) is 71.5 Å². The third-order valence-electron chi connectivity index (χ3n) is 3.46. The van der Waals surface area contributed by atoms with E-state index in [9.17, 15) is 4.79 Å². The topological polar surface area (TPSA) is 20.3 Å². The highest BCUT2D eigenvalue weighted by molar-refractivity contribution is 8.27. The van der Waals surface area contributed by atoms with Gasteiger partial charge in [-0.25, -0.2) is 0 Å². The van der Waals surface area contributed by atoms with Crippen LogP contribution in [0.15, 0.2) is 53.4 Å². The molecule has 0 atom stereocenters. The number of thioether (sulfide) groups is 1. The van der Waals surface area contributed by atoms with Gasteiger partial charge in [-0.2, -0.15) is 0 Å². The van der Waals surface area contributed by atoms with Crippen LogP contribution in [-0.4, -0.2) is 10.2 Å². The maximum atomic E-state index is 12.6. The summed E-state index contributed by atoms with van der Waals surface area (Å²) in [5.41, 5.74) is 4.18. The second-order valence-electron chi connectivity index (χ2n) is 5.26. The molecular weight excluding hydrogens is 310 g/mol. The van der Waals surface area contributed by atoms with Crippen molar-refractivity contribution >= 4 is 46.0 Å². The summed E-state index contributed by atoms with van der Waals surface area (Å²) in [6.07, 6.45) is 1.90. The predicted molar refractivity (Wildman–Crippen MR) is 98.0 cm³/mol. The van der Waals surface area contributed by atoms with Crippen LogP contribution < -0.4 is 4.90 Å². The molecule has 0 aromatic heterocycles. The maximum absolute atomic E-state index is 12.6. The summed E-state index contributed by atoms with van der Waals surface area (Å²) in [6.45, 7) is 4.06. The van der Waals surface area contributed by atoms with Gasteiger partial charge in [0.2, 0.25) is 0 Å². The van der Waals surface area contributed by atoms with E-state index in [1.807, 2.05) is 68.5 Å². The lowest BCUT2D eigenvalue weighted by Gasteiger charge is -2.14. The number of thiocarbonyl (C=S) groups is 1. The number of carbonyl (C=O) groups is 1. The van der Waals surface area contributed by atoms with Gasteiger partial charge in [0.1, 0.15) is 0 Å². The molecule has 3 rings (SSSR count). The molecule has 0 spiro atoms. The van der Waals surface area contributed by atoms with E-state index in [0.717, 1.165) is 16.8 Å². The summed E-state index contributed by atoms with van der Waals surface area (Å²) in [5, 5.41) is 0. The number of hydrogen-bond acceptors (Lipinski definition) is 3. The molecule has 1 saturated heterocycles. The Labute approximate surface area is 139 Å². The van der Waals surface area contributed by atoms with Gasteiger partial charge in [-0.05, 0) is 37.6 Å². The molecule has 4 heteroatoms. The van der Waals surface area contributed by atoms with Crippen molar-refractivity contribution in [2.75, 3.05) is 4.90 Å². The number of rotatable bonds is 2. The number of amides is 1. The molecule has 0 unspecified atom stereocenters. The lowest BCUT2D eigenvalue weighted by molar-refractivity contribution is -0.113. The molecule has 0 aliphatic carbocycles. The first kappa shape index (κ1) is 15.0. The van der Waals surface area contributed by atoms with Gasteiger partial charge in [-0.3, -0.25) is 9.69 Å². The fraction of sp³-hybridized carbons (Fsp3) is 0.111. The Kier molecular flexibility index (Phi) is 4.14. The lowest BCUT2D eigenvalue weighted by atomic mass is 10.1. The molecule has 2 nitrogen and oxygen atoms in total. The van der Waals surface area contributed by atoms with Gasteiger partial charge >= 0.3 is 0 Å². The van der Waals surface area contributed by atoms with Crippen LogP contribution in [0, 0.1) is 13.8 Å². The summed E-state index contributed by atoms with van der Waals surface area (Å²) in [7, 11) is 0. The Hall–Kier alpha value is -1.91. The molecule has 1 heterocycles. The third-order valence-corrected chi connectivity index (χ3v) is 4.76. The molecular formula is C18H15NOS2. The Bertz CT molecular complexity index is 761. The van der Waals surface area contributed by atoms with Gasteiger partial charge in [0.25, 0.3) is 5.91 Å². The van der Waals surface area contributed by atoms with E-state index in [4.69, 9.17) is 12.2 Å². The van der Waals surface area contributed by atoms with Gasteiger partial charge < -0.3 is 0 Å². The fourth-order valence-electron chi connectivity index (χ4n) is 2.20. The quantitative estimate of drug-likeness (QED) is 0.589. The highest BCUT2D eigenvalue weighted by Gasteiger charge is 2.33. The first-order chi connectivity index (χ1) is 10.5. The highest BCUT2D eigenvalue weighted by Crippen LogP contribution is 2.36. The Morgan fingerprint density at radius 1 is 0.955 bits per heavy atom. The van der Waals surface area contributed by atoms with Crippen LogP contribution in [0.4, 0.5) is 5.69 Å². The van der Waals surface area contributed by atoms with E-state index in [2.05, 4.69) is 0 Å². The average molecular weight is 325 g/mol. The van der Waals surface area contributed by atoms with Crippen molar-refractivity contribution in [2.45, 2.75) is 13.8 Å². The van der Waals surface area contributed by atoms with Crippen LogP contribution in [0.5, 0.6) is 0 Å². The summed E-state index contributed by atoms with van der Waals surface area (Å²) in [6, 6.07) is 15.9. The third kappa shape index (κ3) is 2.98. The fourth-order valence-corrected chi connectivity index (χ4v) is 3.50. The second kappa shape index (κ2) is 6.07. The van der Waals surface area contributed by atoms with Crippen LogP contribution in [0.3, 0.4) is 0 Å². The molecule has 0 N–H and O–H groups in total. The standard InChI is InChI=1S/C18H15NOS2/c1-12-3-7-14(8-4-12)11-16-17(20)19(18(21)22-16)15-9-5-13(2)6-10-15/h3-11H,1-2H3. The summed E-state index contributed by atoms with van der Waals surface area (Å²) in [5.74, 6) is -0.0561. The van der Waals surface area contributed by atoms with Crippen LogP contribution in [0.2, 0.25) is 0 Å². The molecule has 2 aromatic carbocycles. The highest BCUT2D eigenvalue weighted by atomic mass is 32.2. The number of benzene rings is 2. The van der Waals surface area contributed by atoms with Crippen molar-refractivity contribution < 1.29 is 4.79 Å². The van der Waals surface area contributed by atoms with Crippen molar-refractivity contribution in [3.63, 3.8) is 0 Å². The zero-order valence-corrected chi connectivity index (χ0v) is 14.0. The molecule has 110 valence electrons. The predicted octanol–water partition coefficient (Wildman–Crippen LogP) is 4.71. The van der Waals surface area contributed by atoms with E-state index in [0.29, 0.717) is 9.23 Å². The van der Waals surface area contributed by atoms with Crippen LogP contribution in [0.25, 0.3) is 6.08 Å². The number of aryl methyl sites for hydroxylation is 2. The zero-order chi connectivity index (χ0) is 15.7. The minimum atomic E-state index is -0.0561. The Balaban J connectivity index is 1.91. The minimum Gasteiger partial charge on any atom is -0.268 e. The van der Waals surface area contributed by atoms with E-state index in [1.54, 1.807) is 4.90 Å². The second-order valence-corrected chi connectivity index (χ2v) is 6.94. The van der Waals surface area contributed by atoms with Crippen molar-refractivity contribution in [3.8, 4) is 0 Å². The molecule has 0 radical (unpaired) electrons. The molecule has 0 saturated carbocycles. The van der Waals surface area contributed by atoms with Crippen LogP contribution in [-0.2, 0) is 4.79 Å². The molecule has 1 aliphatic rings. The maximum Gasteiger partial charge on any atom is 0.270 e. The lowest BCUT2D eigenvalue weighted by Crippen LogP contribution is -2.27. The van der Waals surface area contributed by atoms with E-state index in [-0.39, 0.29) is 5.91 Å². The molecule has 1 amide bonds. The first-order valence-corrected chi connectivity index (χ1v) is 8.18. The van der Waals surface area contributed by atoms with Crippen LogP contribution >= 0.6 is 24.0 Å². The number of nitrogens with zero attached hydrogens (tertiary/aromatic N) is 1. The summed E-state index contributed by atoms with van der Waals surface area (Å²) >= 11 is 6.72. The Morgan fingerprint density at radius 3 is 2.09 bits per heavy atom. The average Bonchev–Trinajstić information content (AvgIpc) is 2.77. The molecule has 0 bridgehead atoms. The van der Waals surface area contributed by atoms with Crippen molar-refractivity contribution in [3.05, 3.63) is 70.1 Å². The normalized spacial score (nSPS) is 16.6. The summed E-state index contributed by atoms with van der Waals surface area (Å²) < 4.78 is 0.576. The van der Waals surface area contributed by atoms with E-state index < -0.39 is 0 Å². The molecule has 22 heavy (non-hydrogen) atoms. The minimum absolute atomic E-state index is 0.0561. The van der Waals surface area contributed by atoms with Crippen molar-refractivity contribution in [2.24, 2.45) is 0 Å². The van der Waals surface area contributed by atoms with E-state index >= 15 is 0 Å². The SMILES string of the molecule is Cc1ccc(C=C2SC(=S)N(c3ccc(C)cc3)C2=O)cc1. The Morgan fingerprint density at radius 2 is 1.50 bits per heavy atom. The first-order valence-electron chi connectivity index (χ1n) is 6.96. The molecule has 1 fully saturated rings. The smallest absolute Gasteiger partial charge is 0.268 e. The zero-order valence-electron chi connectivity index (χ0n) is 12.4. The number of hydrogen-bond donors (Lipinski definition) is 0. The molecule has 2 aromatic rings. The largest absolute Gasteiger partial charge is 0.270 e. The van der Waals surface area contributed by atoms with Gasteiger partial charge in [-0.15, -0.1) is 0 Å².